The van der Waals surface area contributed by atoms with Gasteiger partial charge in [-0.2, -0.15) is 5.21 Å². The molecule has 9 heteroatoms. The number of carbonyl (C=O) groups excluding carboxylic acids is 2. The number of carbonyl (C=O) groups is 2. The number of nitrogens with one attached hydrogen (secondary N) is 1. The molecule has 2 amide bonds. The normalized spacial score (nSPS) is 18.2. The number of tetrazole rings is 1. The van der Waals surface area contributed by atoms with E-state index >= 15 is 0 Å². The van der Waals surface area contributed by atoms with Crippen molar-refractivity contribution in [1.29, 1.82) is 0 Å². The van der Waals surface area contributed by atoms with Gasteiger partial charge in [0, 0.05) is 42.7 Å². The van der Waals surface area contributed by atoms with Gasteiger partial charge < -0.3 is 9.80 Å². The van der Waals surface area contributed by atoms with Gasteiger partial charge >= 0.3 is 0 Å². The van der Waals surface area contributed by atoms with Crippen molar-refractivity contribution < 1.29 is 9.59 Å². The summed E-state index contributed by atoms with van der Waals surface area (Å²) in [6.07, 6.45) is 1.71. The quantitative estimate of drug-likeness (QED) is 0.855. The first-order valence-corrected chi connectivity index (χ1v) is 8.94. The summed E-state index contributed by atoms with van der Waals surface area (Å²) in [5, 5.41) is 14.3. The van der Waals surface area contributed by atoms with Crippen molar-refractivity contribution in [3.05, 3.63) is 34.6 Å². The highest BCUT2D eigenvalue weighted by Crippen LogP contribution is 2.48. The number of aromatic nitrogens is 4. The highest BCUT2D eigenvalue weighted by Gasteiger charge is 2.46. The van der Waals surface area contributed by atoms with Crippen molar-refractivity contribution >= 4 is 29.1 Å². The maximum atomic E-state index is 12.9. The lowest BCUT2D eigenvalue weighted by molar-refractivity contribution is -0.130. The van der Waals surface area contributed by atoms with Crippen LogP contribution in [0.25, 0.3) is 0 Å². The van der Waals surface area contributed by atoms with Crippen LogP contribution in [0.2, 0.25) is 5.02 Å². The van der Waals surface area contributed by atoms with E-state index in [2.05, 4.69) is 20.6 Å². The van der Waals surface area contributed by atoms with Crippen molar-refractivity contribution in [2.45, 2.75) is 31.6 Å². The first-order valence-electron chi connectivity index (χ1n) is 8.57. The molecule has 1 aromatic carbocycles. The topological polar surface area (TPSA) is 95.1 Å². The number of hydrogen-bond donors (Lipinski definition) is 1. The van der Waals surface area contributed by atoms with Crippen LogP contribution in [0.3, 0.4) is 0 Å². The lowest BCUT2D eigenvalue weighted by Crippen LogP contribution is -2.47. The van der Waals surface area contributed by atoms with Gasteiger partial charge in [-0.05, 0) is 36.6 Å². The Hall–Kier alpha value is -2.48. The predicted molar refractivity (Wildman–Crippen MR) is 94.9 cm³/mol. The van der Waals surface area contributed by atoms with E-state index in [1.165, 1.54) is 0 Å². The standard InChI is InChI=1S/C17H19ClN6O2/c1-11(25)23-6-4-17(5-7-23)10-24(14-3-2-12(18)8-13(14)17)16(26)9-15-19-21-22-20-15/h2-3,8H,4-7,9-10H2,1H3,(H,19,20,21,22). The average Bonchev–Trinajstić information content (AvgIpc) is 3.22. The molecule has 3 heterocycles. The molecule has 1 N–H and O–H groups in total. The number of rotatable bonds is 2. The fourth-order valence-electron chi connectivity index (χ4n) is 4.03. The molecule has 2 aliphatic heterocycles. The number of H-pyrrole nitrogens is 1. The molecule has 8 nitrogen and oxygen atoms in total. The minimum Gasteiger partial charge on any atom is -0.343 e. The largest absolute Gasteiger partial charge is 0.343 e. The van der Waals surface area contributed by atoms with E-state index in [4.69, 9.17) is 11.6 Å². The van der Waals surface area contributed by atoms with Gasteiger partial charge in [-0.3, -0.25) is 9.59 Å². The number of amides is 2. The summed E-state index contributed by atoms with van der Waals surface area (Å²) >= 11 is 6.25. The van der Waals surface area contributed by atoms with E-state index in [1.807, 2.05) is 17.0 Å². The molecule has 1 fully saturated rings. The Morgan fingerprint density at radius 3 is 2.73 bits per heavy atom. The number of hydrogen-bond acceptors (Lipinski definition) is 5. The van der Waals surface area contributed by atoms with E-state index < -0.39 is 0 Å². The van der Waals surface area contributed by atoms with Crippen molar-refractivity contribution in [3.63, 3.8) is 0 Å². The number of anilines is 1. The smallest absolute Gasteiger partial charge is 0.234 e. The second-order valence-corrected chi connectivity index (χ2v) is 7.37. The monoisotopic (exact) mass is 374 g/mol. The second kappa shape index (κ2) is 6.35. The molecule has 0 aliphatic carbocycles. The van der Waals surface area contributed by atoms with Crippen molar-refractivity contribution in [2.24, 2.45) is 0 Å². The number of aromatic amines is 1. The fourth-order valence-corrected chi connectivity index (χ4v) is 4.20. The molecule has 2 aromatic rings. The summed E-state index contributed by atoms with van der Waals surface area (Å²) in [5.41, 5.74) is 1.81. The van der Waals surface area contributed by atoms with Gasteiger partial charge in [-0.15, -0.1) is 10.2 Å². The maximum absolute atomic E-state index is 12.9. The van der Waals surface area contributed by atoms with Crippen LogP contribution in [0.15, 0.2) is 18.2 Å². The molecule has 136 valence electrons. The van der Waals surface area contributed by atoms with Crippen molar-refractivity contribution in [3.8, 4) is 0 Å². The maximum Gasteiger partial charge on any atom is 0.234 e. The molecule has 0 bridgehead atoms. The van der Waals surface area contributed by atoms with E-state index in [-0.39, 0.29) is 23.7 Å². The first-order chi connectivity index (χ1) is 12.5. The van der Waals surface area contributed by atoms with Gasteiger partial charge in [-0.25, -0.2) is 0 Å². The lowest BCUT2D eigenvalue weighted by Gasteiger charge is -2.39. The molecular weight excluding hydrogens is 356 g/mol. The second-order valence-electron chi connectivity index (χ2n) is 6.93. The van der Waals surface area contributed by atoms with E-state index in [9.17, 15) is 9.59 Å². The van der Waals surface area contributed by atoms with Crippen LogP contribution in [0, 0.1) is 0 Å². The predicted octanol–water partition coefficient (Wildman–Crippen LogP) is 1.32. The van der Waals surface area contributed by atoms with Crippen LogP contribution in [0.1, 0.15) is 31.2 Å². The summed E-state index contributed by atoms with van der Waals surface area (Å²) in [7, 11) is 0. The SMILES string of the molecule is CC(=O)N1CCC2(CC1)CN(C(=O)Cc1nn[nH]n1)c1ccc(Cl)cc12. The van der Waals surface area contributed by atoms with Gasteiger partial charge in [0.25, 0.3) is 0 Å². The van der Waals surface area contributed by atoms with Crippen molar-refractivity contribution in [1.82, 2.24) is 25.5 Å². The molecule has 1 spiro atoms. The summed E-state index contributed by atoms with van der Waals surface area (Å²) in [6.45, 7) is 3.56. The summed E-state index contributed by atoms with van der Waals surface area (Å²) in [6, 6.07) is 5.67. The molecule has 26 heavy (non-hydrogen) atoms. The Labute approximate surface area is 155 Å². The third kappa shape index (κ3) is 2.84. The van der Waals surface area contributed by atoms with Gasteiger partial charge in [0.1, 0.15) is 0 Å². The summed E-state index contributed by atoms with van der Waals surface area (Å²) in [5.74, 6) is 0.396. The Kier molecular flexibility index (Phi) is 4.14. The zero-order valence-electron chi connectivity index (χ0n) is 14.4. The Bertz CT molecular complexity index is 845. The van der Waals surface area contributed by atoms with Gasteiger partial charge in [0.15, 0.2) is 5.82 Å². The van der Waals surface area contributed by atoms with E-state index in [1.54, 1.807) is 17.9 Å². The molecule has 0 radical (unpaired) electrons. The third-order valence-corrected chi connectivity index (χ3v) is 5.68. The van der Waals surface area contributed by atoms with Crippen molar-refractivity contribution in [2.75, 3.05) is 24.5 Å². The molecule has 0 unspecified atom stereocenters. The highest BCUT2D eigenvalue weighted by atomic mass is 35.5. The van der Waals surface area contributed by atoms with Crippen LogP contribution in [0.5, 0.6) is 0 Å². The minimum atomic E-state index is -0.168. The summed E-state index contributed by atoms with van der Waals surface area (Å²) < 4.78 is 0. The average molecular weight is 375 g/mol. The van der Waals surface area contributed by atoms with Crippen LogP contribution in [-0.2, 0) is 21.4 Å². The van der Waals surface area contributed by atoms with Gasteiger partial charge in [-0.1, -0.05) is 16.8 Å². The number of halogens is 1. The van der Waals surface area contributed by atoms with Gasteiger partial charge in [0.05, 0.1) is 6.42 Å². The molecule has 1 saturated heterocycles. The van der Waals surface area contributed by atoms with E-state index in [0.717, 1.165) is 24.1 Å². The highest BCUT2D eigenvalue weighted by molar-refractivity contribution is 6.30. The number of likely N-dealkylation sites (tertiary alicyclic amines) is 1. The molecule has 1 aromatic heterocycles. The Morgan fingerprint density at radius 2 is 2.08 bits per heavy atom. The molecule has 2 aliphatic rings. The third-order valence-electron chi connectivity index (χ3n) is 5.45. The molecular formula is C17H19ClN6O2. The number of benzene rings is 1. The molecule has 0 atom stereocenters. The lowest BCUT2D eigenvalue weighted by atomic mass is 9.74. The number of nitrogens with zero attached hydrogens (tertiary/aromatic N) is 5. The fraction of sp³-hybridized carbons (Fsp3) is 0.471. The van der Waals surface area contributed by atoms with Crippen LogP contribution >= 0.6 is 11.6 Å². The Balaban J connectivity index is 1.63. The van der Waals surface area contributed by atoms with Crippen LogP contribution < -0.4 is 4.90 Å². The van der Waals surface area contributed by atoms with Crippen LogP contribution in [0.4, 0.5) is 5.69 Å². The van der Waals surface area contributed by atoms with Gasteiger partial charge in [0.2, 0.25) is 11.8 Å². The zero-order chi connectivity index (χ0) is 18.3. The molecule has 0 saturated carbocycles. The first kappa shape index (κ1) is 17.0. The number of fused-ring (bicyclic) bond motifs is 2. The Morgan fingerprint density at radius 1 is 1.31 bits per heavy atom. The molecule has 4 rings (SSSR count). The summed E-state index contributed by atoms with van der Waals surface area (Å²) in [4.78, 5) is 28.2. The minimum absolute atomic E-state index is 0.0687. The number of piperidine rings is 1. The van der Waals surface area contributed by atoms with Crippen LogP contribution in [-0.4, -0.2) is 57.0 Å². The van der Waals surface area contributed by atoms with E-state index in [0.29, 0.717) is 30.5 Å². The zero-order valence-corrected chi connectivity index (χ0v) is 15.2.